The van der Waals surface area contributed by atoms with Gasteiger partial charge in [-0.05, 0) is 67.9 Å². The number of hydrogen-bond donors (Lipinski definition) is 3. The minimum atomic E-state index is -3.98. The molecule has 2 rings (SSSR count). The maximum absolute atomic E-state index is 12.5. The van der Waals surface area contributed by atoms with Crippen LogP contribution in [0.5, 0.6) is 0 Å². The summed E-state index contributed by atoms with van der Waals surface area (Å²) in [7, 11) is -0.0889. The van der Waals surface area contributed by atoms with E-state index in [9.17, 15) is 18.3 Å². The largest absolute Gasteiger partial charge is 0.480 e. The normalized spacial score (nSPS) is 12.8. The van der Waals surface area contributed by atoms with Gasteiger partial charge in [0.2, 0.25) is 10.0 Å². The number of carboxylic acids is 1. The van der Waals surface area contributed by atoms with Crippen molar-refractivity contribution in [3.05, 3.63) is 48.5 Å². The topological polar surface area (TPSA) is 137 Å². The van der Waals surface area contributed by atoms with Crippen molar-refractivity contribution >= 4 is 33.1 Å². The lowest BCUT2D eigenvalue weighted by molar-refractivity contribution is -0.139. The van der Waals surface area contributed by atoms with Crippen LogP contribution in [0.25, 0.3) is 0 Å². The van der Waals surface area contributed by atoms with Gasteiger partial charge < -0.3 is 15.7 Å². The number of carbonyl (C=O) groups is 1. The van der Waals surface area contributed by atoms with E-state index in [-0.39, 0.29) is 11.3 Å². The fourth-order valence-corrected chi connectivity index (χ4v) is 3.83. The Balaban J connectivity index is 2.06. The van der Waals surface area contributed by atoms with E-state index >= 15 is 0 Å². The number of anilines is 1. The first-order chi connectivity index (χ1) is 14.2. The highest BCUT2D eigenvalue weighted by Crippen LogP contribution is 2.22. The Hall–Kier alpha value is -2.82. The summed E-state index contributed by atoms with van der Waals surface area (Å²) < 4.78 is 27.2. The summed E-state index contributed by atoms with van der Waals surface area (Å²) in [5, 5.41) is 17.5. The monoisotopic (exact) mass is 433 g/mol. The Morgan fingerprint density at radius 2 is 1.57 bits per heavy atom. The molecule has 0 aromatic heterocycles. The van der Waals surface area contributed by atoms with Gasteiger partial charge >= 0.3 is 5.97 Å². The number of sulfonamides is 1. The highest BCUT2D eigenvalue weighted by Gasteiger charge is 2.24. The van der Waals surface area contributed by atoms with Crippen LogP contribution in [0, 0.1) is 0 Å². The Bertz CT molecular complexity index is 958. The highest BCUT2D eigenvalue weighted by atomic mass is 32.2. The van der Waals surface area contributed by atoms with Gasteiger partial charge in [-0.2, -0.15) is 15.0 Å². The minimum absolute atomic E-state index is 0.0399. The summed E-state index contributed by atoms with van der Waals surface area (Å²) in [6.07, 6.45) is 1.32. The quantitative estimate of drug-likeness (QED) is 0.368. The molecule has 0 saturated carbocycles. The van der Waals surface area contributed by atoms with Crippen LogP contribution < -0.4 is 15.4 Å². The molecule has 0 spiro atoms. The molecule has 0 amide bonds. The van der Waals surface area contributed by atoms with Crippen molar-refractivity contribution in [2.75, 3.05) is 25.5 Å². The van der Waals surface area contributed by atoms with E-state index in [1.165, 1.54) is 24.3 Å². The van der Waals surface area contributed by atoms with Gasteiger partial charge in [0, 0.05) is 19.8 Å². The summed E-state index contributed by atoms with van der Waals surface area (Å²) in [5.41, 5.74) is 7.58. The third-order valence-corrected chi connectivity index (χ3v) is 5.82. The number of carboxylic acid groups (broad SMARTS) is 1. The van der Waals surface area contributed by atoms with Crippen LogP contribution in [0.2, 0.25) is 0 Å². The van der Waals surface area contributed by atoms with Gasteiger partial charge in [0.05, 0.1) is 16.3 Å². The molecule has 0 bridgehead atoms. The van der Waals surface area contributed by atoms with Crippen LogP contribution in [0.15, 0.2) is 63.7 Å². The molecular formula is C20H27N5O4S. The molecule has 0 saturated heterocycles. The number of nitrogens with zero attached hydrogens (tertiary/aromatic N) is 3. The number of aliphatic carboxylic acids is 1. The molecule has 2 aromatic carbocycles. The zero-order chi connectivity index (χ0) is 22.1. The maximum Gasteiger partial charge on any atom is 0.321 e. The summed E-state index contributed by atoms with van der Waals surface area (Å²) in [6, 6.07) is 12.1. The van der Waals surface area contributed by atoms with Gasteiger partial charge in [0.25, 0.3) is 0 Å². The molecule has 0 radical (unpaired) electrons. The summed E-state index contributed by atoms with van der Waals surface area (Å²) in [5.74, 6) is -1.22. The van der Waals surface area contributed by atoms with Crippen molar-refractivity contribution in [2.24, 2.45) is 16.0 Å². The number of nitrogens with two attached hydrogens (primary N) is 1. The molecule has 10 heteroatoms. The van der Waals surface area contributed by atoms with Gasteiger partial charge in [-0.15, -0.1) is 0 Å². The number of nitrogens with one attached hydrogen (secondary N) is 1. The van der Waals surface area contributed by atoms with Crippen molar-refractivity contribution in [3.63, 3.8) is 0 Å². The Kier molecular flexibility index (Phi) is 8.46. The first-order valence-electron chi connectivity index (χ1n) is 9.47. The molecule has 4 N–H and O–H groups in total. The summed E-state index contributed by atoms with van der Waals surface area (Å²) in [6.45, 7) is 0.425. The lowest BCUT2D eigenvalue weighted by Crippen LogP contribution is -2.40. The van der Waals surface area contributed by atoms with E-state index in [1.807, 2.05) is 43.3 Å². The average molecular weight is 434 g/mol. The van der Waals surface area contributed by atoms with E-state index in [0.29, 0.717) is 30.8 Å². The number of benzene rings is 2. The van der Waals surface area contributed by atoms with Crippen molar-refractivity contribution in [1.29, 1.82) is 0 Å². The average Bonchev–Trinajstić information content (AvgIpc) is 2.72. The van der Waals surface area contributed by atoms with Crippen molar-refractivity contribution < 1.29 is 18.3 Å². The Morgan fingerprint density at radius 1 is 1.03 bits per heavy atom. The molecule has 9 nitrogen and oxygen atoms in total. The van der Waals surface area contributed by atoms with E-state index in [4.69, 9.17) is 5.73 Å². The molecule has 30 heavy (non-hydrogen) atoms. The van der Waals surface area contributed by atoms with E-state index in [1.54, 1.807) is 0 Å². The van der Waals surface area contributed by atoms with Crippen LogP contribution in [0.3, 0.4) is 0 Å². The molecule has 0 aliphatic carbocycles. The second-order valence-corrected chi connectivity index (χ2v) is 8.62. The highest BCUT2D eigenvalue weighted by molar-refractivity contribution is 7.89. The first kappa shape index (κ1) is 23.5. The second-order valence-electron chi connectivity index (χ2n) is 6.90. The molecule has 0 unspecified atom stereocenters. The predicted octanol–water partition coefficient (Wildman–Crippen LogP) is 3.03. The third kappa shape index (κ3) is 6.90. The van der Waals surface area contributed by atoms with Crippen molar-refractivity contribution in [2.45, 2.75) is 30.2 Å². The summed E-state index contributed by atoms with van der Waals surface area (Å²) in [4.78, 5) is 13.3. The smallest absolute Gasteiger partial charge is 0.321 e. The molecular weight excluding hydrogens is 406 g/mol. The number of azo groups is 1. The molecule has 162 valence electrons. The van der Waals surface area contributed by atoms with Crippen molar-refractivity contribution in [3.8, 4) is 0 Å². The van der Waals surface area contributed by atoms with Gasteiger partial charge in [-0.3, -0.25) is 4.79 Å². The van der Waals surface area contributed by atoms with Gasteiger partial charge in [-0.1, -0.05) is 6.42 Å². The third-order valence-electron chi connectivity index (χ3n) is 4.34. The fraction of sp³-hybridized carbons (Fsp3) is 0.350. The SMILES string of the molecule is CN(C)c1ccc(N=Nc2ccc(S(=O)(=O)N[C@@H](CCCCN)C(=O)O)cc2)cc1. The zero-order valence-electron chi connectivity index (χ0n) is 17.0. The number of rotatable bonds is 11. The van der Waals surface area contributed by atoms with Gasteiger partial charge in [0.1, 0.15) is 6.04 Å². The second kappa shape index (κ2) is 10.8. The molecule has 0 fully saturated rings. The molecule has 1 atom stereocenters. The standard InChI is InChI=1S/C20H27N5O4S/c1-25(2)17-10-6-15(7-11-17)22-23-16-8-12-18(13-9-16)30(28,29)24-19(20(26)27)5-3-4-14-21/h6-13,19,24H,3-5,14,21H2,1-2H3,(H,26,27)/t19-/m0/s1. The number of unbranched alkanes of at least 4 members (excludes halogenated alkanes) is 1. The number of hydrogen-bond acceptors (Lipinski definition) is 7. The molecule has 0 aliphatic heterocycles. The summed E-state index contributed by atoms with van der Waals surface area (Å²) >= 11 is 0. The lowest BCUT2D eigenvalue weighted by atomic mass is 10.1. The Labute approximate surface area is 176 Å². The van der Waals surface area contributed by atoms with Crippen molar-refractivity contribution in [1.82, 2.24) is 4.72 Å². The van der Waals surface area contributed by atoms with Crippen LogP contribution in [0.1, 0.15) is 19.3 Å². The van der Waals surface area contributed by atoms with Crippen LogP contribution in [-0.2, 0) is 14.8 Å². The van der Waals surface area contributed by atoms with Crippen LogP contribution in [0.4, 0.5) is 17.1 Å². The first-order valence-corrected chi connectivity index (χ1v) is 11.0. The van der Waals surface area contributed by atoms with E-state index in [0.717, 1.165) is 5.69 Å². The molecule has 2 aromatic rings. The molecule has 0 heterocycles. The predicted molar refractivity (Wildman–Crippen MR) is 116 cm³/mol. The molecule has 0 aliphatic rings. The zero-order valence-corrected chi connectivity index (χ0v) is 17.8. The van der Waals surface area contributed by atoms with Gasteiger partial charge in [0.15, 0.2) is 0 Å². The van der Waals surface area contributed by atoms with E-state index in [2.05, 4.69) is 15.0 Å². The minimum Gasteiger partial charge on any atom is -0.480 e. The van der Waals surface area contributed by atoms with E-state index < -0.39 is 22.0 Å². The fourth-order valence-electron chi connectivity index (χ4n) is 2.61. The maximum atomic E-state index is 12.5. The van der Waals surface area contributed by atoms with Crippen LogP contribution >= 0.6 is 0 Å². The van der Waals surface area contributed by atoms with Gasteiger partial charge in [-0.25, -0.2) is 8.42 Å². The van der Waals surface area contributed by atoms with Crippen LogP contribution in [-0.4, -0.2) is 46.2 Å². The Morgan fingerprint density at radius 3 is 2.03 bits per heavy atom. The lowest BCUT2D eigenvalue weighted by Gasteiger charge is -2.14.